The van der Waals surface area contributed by atoms with E-state index >= 15 is 0 Å². The van der Waals surface area contributed by atoms with Crippen LogP contribution in [0.15, 0.2) is 0 Å². The van der Waals surface area contributed by atoms with E-state index in [1.54, 1.807) is 4.90 Å². The van der Waals surface area contributed by atoms with Gasteiger partial charge in [0.15, 0.2) is 0 Å². The highest BCUT2D eigenvalue weighted by Crippen LogP contribution is 2.43. The zero-order chi connectivity index (χ0) is 40.0. The number of nitrogens with two attached hydrogens (primary N) is 2. The Hall–Kier alpha value is -1.14. The van der Waals surface area contributed by atoms with Gasteiger partial charge < -0.3 is 11.5 Å². The van der Waals surface area contributed by atoms with Gasteiger partial charge in [-0.25, -0.2) is 9.69 Å². The van der Waals surface area contributed by atoms with Gasteiger partial charge in [0.2, 0.25) is 0 Å². The lowest BCUT2D eigenvalue weighted by molar-refractivity contribution is -0.138. The van der Waals surface area contributed by atoms with Gasteiger partial charge in [0.05, 0.1) is 5.66 Å². The largest absolute Gasteiger partial charge is 0.330 e. The summed E-state index contributed by atoms with van der Waals surface area (Å²) in [4.78, 5) is 33.2. The molecule has 0 spiro atoms. The number of imide groups is 1. The molecule has 4 N–H and O–H groups in total. The van der Waals surface area contributed by atoms with Gasteiger partial charge >= 0.3 is 6.03 Å². The molecule has 1 aliphatic rings. The highest BCUT2D eigenvalue weighted by atomic mass is 16.2. The lowest BCUT2D eigenvalue weighted by Crippen LogP contribution is -2.64. The SMILES string of the molecule is CCCCCCCCCCC(N)(CCCCCCCCCC)N1C(=O)N(C(N)(CCCCCCCCCC)CCCCCCCCCC)C(C)(CC)C1=O. The molecule has 0 saturated carbocycles. The zero-order valence-corrected chi connectivity index (χ0v) is 37.5. The molecule has 1 heterocycles. The number of carbonyl (C=O) groups is 2. The van der Waals surface area contributed by atoms with Crippen molar-refractivity contribution in [1.82, 2.24) is 9.80 Å². The van der Waals surface area contributed by atoms with Crippen LogP contribution in [0.25, 0.3) is 0 Å². The molecule has 6 nitrogen and oxygen atoms in total. The Bertz CT molecular complexity index is 884. The summed E-state index contributed by atoms with van der Waals surface area (Å²) in [6.07, 6.45) is 42.4. The van der Waals surface area contributed by atoms with E-state index in [1.165, 1.54) is 154 Å². The van der Waals surface area contributed by atoms with Crippen molar-refractivity contribution in [3.05, 3.63) is 0 Å². The highest BCUT2D eigenvalue weighted by molar-refractivity contribution is 6.07. The average Bonchev–Trinajstić information content (AvgIpc) is 3.37. The van der Waals surface area contributed by atoms with Crippen LogP contribution in [-0.2, 0) is 4.79 Å². The predicted octanol–water partition coefficient (Wildman–Crippen LogP) is 14.9. The molecule has 0 radical (unpaired) electrons. The summed E-state index contributed by atoms with van der Waals surface area (Å²) in [5.41, 5.74) is 12.2. The quantitative estimate of drug-likeness (QED) is 0.0482. The maximum atomic E-state index is 15.0. The summed E-state index contributed by atoms with van der Waals surface area (Å²) in [7, 11) is 0. The second kappa shape index (κ2) is 30.9. The maximum absolute atomic E-state index is 15.0. The summed E-state index contributed by atoms with van der Waals surface area (Å²) in [6.45, 7) is 13.1. The Labute approximate surface area is 337 Å². The van der Waals surface area contributed by atoms with E-state index in [1.807, 2.05) is 11.8 Å². The first-order valence-electron chi connectivity index (χ1n) is 24.4. The van der Waals surface area contributed by atoms with Gasteiger partial charge in [-0.2, -0.15) is 0 Å². The minimum absolute atomic E-state index is 0.113. The van der Waals surface area contributed by atoms with E-state index in [9.17, 15) is 9.59 Å². The fourth-order valence-electron chi connectivity index (χ4n) is 9.08. The maximum Gasteiger partial charge on any atom is 0.330 e. The van der Waals surface area contributed by atoms with Crippen LogP contribution >= 0.6 is 0 Å². The number of urea groups is 1. The van der Waals surface area contributed by atoms with Crippen LogP contribution in [0.5, 0.6) is 0 Å². The van der Waals surface area contributed by atoms with Gasteiger partial charge in [-0.05, 0) is 64.7 Å². The second-order valence-electron chi connectivity index (χ2n) is 18.0. The average molecular weight is 761 g/mol. The Balaban J connectivity index is 3.21. The van der Waals surface area contributed by atoms with E-state index in [4.69, 9.17) is 11.5 Å². The van der Waals surface area contributed by atoms with Crippen molar-refractivity contribution < 1.29 is 9.59 Å². The van der Waals surface area contributed by atoms with Crippen molar-refractivity contribution in [2.75, 3.05) is 0 Å². The van der Waals surface area contributed by atoms with Crippen LogP contribution in [-0.4, -0.2) is 38.6 Å². The fourth-order valence-corrected chi connectivity index (χ4v) is 9.08. The minimum atomic E-state index is -0.977. The number of hydrogen-bond donors (Lipinski definition) is 2. The summed E-state index contributed by atoms with van der Waals surface area (Å²) in [5, 5.41) is 0. The van der Waals surface area contributed by atoms with E-state index in [2.05, 4.69) is 34.6 Å². The molecule has 1 saturated heterocycles. The molecular formula is C48H96N4O2. The first-order chi connectivity index (χ1) is 26.1. The van der Waals surface area contributed by atoms with Crippen LogP contribution in [0.3, 0.4) is 0 Å². The van der Waals surface area contributed by atoms with Crippen molar-refractivity contribution in [2.24, 2.45) is 11.5 Å². The summed E-state index contributed by atoms with van der Waals surface area (Å²) in [6, 6.07) is -0.215. The predicted molar refractivity (Wildman–Crippen MR) is 236 cm³/mol. The third kappa shape index (κ3) is 18.9. The molecule has 3 amide bonds. The smallest absolute Gasteiger partial charge is 0.309 e. The molecule has 0 aromatic heterocycles. The van der Waals surface area contributed by atoms with Crippen LogP contribution < -0.4 is 11.5 Å². The third-order valence-corrected chi connectivity index (χ3v) is 13.0. The first kappa shape index (κ1) is 50.9. The Morgan fingerprint density at radius 3 is 0.907 bits per heavy atom. The minimum Gasteiger partial charge on any atom is -0.309 e. The molecule has 6 heteroatoms. The van der Waals surface area contributed by atoms with E-state index in [-0.39, 0.29) is 11.9 Å². The zero-order valence-electron chi connectivity index (χ0n) is 37.5. The lowest BCUT2D eigenvalue weighted by Gasteiger charge is -2.45. The molecule has 320 valence electrons. The van der Waals surface area contributed by atoms with Crippen LogP contribution in [0, 0.1) is 0 Å². The lowest BCUT2D eigenvalue weighted by atomic mass is 9.87. The highest BCUT2D eigenvalue weighted by Gasteiger charge is 2.62. The first-order valence-corrected chi connectivity index (χ1v) is 24.4. The Kier molecular flexibility index (Phi) is 29.1. The topological polar surface area (TPSA) is 92.7 Å². The van der Waals surface area contributed by atoms with Crippen molar-refractivity contribution >= 4 is 11.9 Å². The summed E-state index contributed by atoms with van der Waals surface area (Å²) in [5.74, 6) is -0.113. The molecule has 0 aromatic carbocycles. The number of nitrogens with zero attached hydrogens (tertiary/aromatic N) is 2. The van der Waals surface area contributed by atoms with Crippen molar-refractivity contribution in [3.8, 4) is 0 Å². The van der Waals surface area contributed by atoms with Crippen LogP contribution in [0.4, 0.5) is 4.79 Å². The number of rotatable bonds is 39. The van der Waals surface area contributed by atoms with Gasteiger partial charge in [0.1, 0.15) is 11.2 Å². The Morgan fingerprint density at radius 2 is 0.648 bits per heavy atom. The van der Waals surface area contributed by atoms with Crippen LogP contribution in [0.2, 0.25) is 0 Å². The molecule has 1 aliphatic heterocycles. The fraction of sp³-hybridized carbons (Fsp3) is 0.958. The number of unbranched alkanes of at least 4 members (excludes halogenated alkanes) is 28. The molecule has 0 bridgehead atoms. The van der Waals surface area contributed by atoms with Gasteiger partial charge in [0.25, 0.3) is 5.91 Å². The van der Waals surface area contributed by atoms with Gasteiger partial charge in [-0.3, -0.25) is 9.69 Å². The van der Waals surface area contributed by atoms with Crippen LogP contribution in [0.1, 0.15) is 279 Å². The molecule has 1 unspecified atom stereocenters. The summed E-state index contributed by atoms with van der Waals surface area (Å²) >= 11 is 0. The number of carbonyl (C=O) groups excluding carboxylic acids is 2. The molecule has 1 atom stereocenters. The normalized spacial score (nSPS) is 16.7. The number of hydrogen-bond acceptors (Lipinski definition) is 4. The van der Waals surface area contributed by atoms with Gasteiger partial charge in [0, 0.05) is 0 Å². The monoisotopic (exact) mass is 761 g/mol. The van der Waals surface area contributed by atoms with Crippen molar-refractivity contribution in [3.63, 3.8) is 0 Å². The van der Waals surface area contributed by atoms with Crippen molar-refractivity contribution in [1.29, 1.82) is 0 Å². The molecule has 54 heavy (non-hydrogen) atoms. The third-order valence-electron chi connectivity index (χ3n) is 13.0. The van der Waals surface area contributed by atoms with E-state index < -0.39 is 16.9 Å². The molecule has 0 aliphatic carbocycles. The molecular weight excluding hydrogens is 665 g/mol. The van der Waals surface area contributed by atoms with Gasteiger partial charge in [-0.15, -0.1) is 0 Å². The van der Waals surface area contributed by atoms with E-state index in [0.29, 0.717) is 19.3 Å². The second-order valence-corrected chi connectivity index (χ2v) is 18.0. The number of amides is 3. The van der Waals surface area contributed by atoms with Crippen molar-refractivity contribution in [2.45, 2.75) is 296 Å². The van der Waals surface area contributed by atoms with E-state index in [0.717, 1.165) is 64.2 Å². The van der Waals surface area contributed by atoms with Gasteiger partial charge in [-0.1, -0.05) is 214 Å². The standard InChI is InChI=1S/C48H96N4O2/c1-7-12-16-20-24-28-32-36-40-47(49,41-37-33-29-25-21-17-13-8-2)51-44(53)46(6,11-5)52(45(51)54)48(50,42-38-34-30-26-22-18-14-9-3)43-39-35-31-27-23-19-15-10-4/h7-43,49-50H2,1-6H3. The molecule has 1 rings (SSSR count). The Morgan fingerprint density at radius 1 is 0.407 bits per heavy atom. The molecule has 1 fully saturated rings. The molecule has 0 aromatic rings. The summed E-state index contributed by atoms with van der Waals surface area (Å²) < 4.78 is 0.